The third kappa shape index (κ3) is 3.48. The molecule has 0 bridgehead atoms. The lowest BCUT2D eigenvalue weighted by molar-refractivity contribution is 0.457. The molecule has 0 radical (unpaired) electrons. The van der Waals surface area contributed by atoms with Gasteiger partial charge in [0.25, 0.3) is 0 Å². The average Bonchev–Trinajstić information content (AvgIpc) is 3.25. The Morgan fingerprint density at radius 2 is 1.95 bits per heavy atom. The van der Waals surface area contributed by atoms with Gasteiger partial charge in [-0.2, -0.15) is 0 Å². The normalized spacial score (nSPS) is 14.4. The van der Waals surface area contributed by atoms with Crippen LogP contribution in [0.25, 0.3) is 0 Å². The molecule has 1 aliphatic rings. The molecule has 1 fully saturated rings. The molecule has 1 aromatic carbocycles. The van der Waals surface area contributed by atoms with Crippen LogP contribution in [0.5, 0.6) is 11.6 Å². The molecule has 3 rings (SSSR count). The van der Waals surface area contributed by atoms with E-state index in [4.69, 9.17) is 4.74 Å². The number of nitrogens with one attached hydrogen (secondary N) is 1. The number of aromatic nitrogens is 2. The zero-order valence-corrected chi connectivity index (χ0v) is 10.3. The van der Waals surface area contributed by atoms with Crippen LogP contribution >= 0.6 is 0 Å². The van der Waals surface area contributed by atoms with Gasteiger partial charge in [0.2, 0.25) is 5.88 Å². The molecule has 1 N–H and O–H groups in total. The van der Waals surface area contributed by atoms with Crippen molar-refractivity contribution >= 4 is 0 Å². The number of hydrogen-bond acceptors (Lipinski definition) is 4. The van der Waals surface area contributed by atoms with E-state index in [1.165, 1.54) is 25.0 Å². The van der Waals surface area contributed by atoms with Crippen LogP contribution in [-0.2, 0) is 6.54 Å². The Labute approximate surface area is 110 Å². The topological polar surface area (TPSA) is 47.0 Å². The molecule has 1 saturated carbocycles. The summed E-state index contributed by atoms with van der Waals surface area (Å²) in [6.45, 7) is 0.731. The number of benzene rings is 1. The van der Waals surface area contributed by atoms with E-state index in [-0.39, 0.29) is 5.82 Å². The van der Waals surface area contributed by atoms with Crippen molar-refractivity contribution < 1.29 is 9.13 Å². The van der Waals surface area contributed by atoms with E-state index in [0.29, 0.717) is 17.7 Å². The fourth-order valence-electron chi connectivity index (χ4n) is 1.65. The first-order valence-electron chi connectivity index (χ1n) is 6.27. The quantitative estimate of drug-likeness (QED) is 0.896. The second-order valence-corrected chi connectivity index (χ2v) is 4.56. The van der Waals surface area contributed by atoms with Gasteiger partial charge in [-0.1, -0.05) is 0 Å². The van der Waals surface area contributed by atoms with Crippen molar-refractivity contribution in [2.24, 2.45) is 0 Å². The highest BCUT2D eigenvalue weighted by Crippen LogP contribution is 2.20. The molecule has 98 valence electrons. The van der Waals surface area contributed by atoms with Gasteiger partial charge in [0.05, 0.1) is 18.1 Å². The van der Waals surface area contributed by atoms with E-state index in [2.05, 4.69) is 15.3 Å². The molecule has 0 atom stereocenters. The molecule has 1 heterocycles. The zero-order chi connectivity index (χ0) is 13.1. The van der Waals surface area contributed by atoms with E-state index >= 15 is 0 Å². The monoisotopic (exact) mass is 259 g/mol. The Balaban J connectivity index is 1.59. The fourth-order valence-corrected chi connectivity index (χ4v) is 1.65. The van der Waals surface area contributed by atoms with Crippen LogP contribution in [0.15, 0.2) is 36.7 Å². The van der Waals surface area contributed by atoms with Gasteiger partial charge in [-0.05, 0) is 37.1 Å². The molecule has 5 heteroatoms. The number of rotatable bonds is 5. The molecule has 0 spiro atoms. The van der Waals surface area contributed by atoms with E-state index in [9.17, 15) is 4.39 Å². The van der Waals surface area contributed by atoms with Crippen LogP contribution in [0.2, 0.25) is 0 Å². The summed E-state index contributed by atoms with van der Waals surface area (Å²) in [5.41, 5.74) is 0.887. The molecule has 0 unspecified atom stereocenters. The summed E-state index contributed by atoms with van der Waals surface area (Å²) in [5.74, 6) is 0.654. The number of halogens is 1. The summed E-state index contributed by atoms with van der Waals surface area (Å²) in [5, 5.41) is 3.36. The Bertz CT molecular complexity index is 538. The van der Waals surface area contributed by atoms with Gasteiger partial charge < -0.3 is 10.1 Å². The maximum Gasteiger partial charge on any atom is 0.237 e. The van der Waals surface area contributed by atoms with E-state index in [0.717, 1.165) is 12.2 Å². The third-order valence-electron chi connectivity index (χ3n) is 2.87. The summed E-state index contributed by atoms with van der Waals surface area (Å²) in [6, 6.07) is 6.45. The minimum absolute atomic E-state index is 0.292. The van der Waals surface area contributed by atoms with Crippen molar-refractivity contribution in [2.75, 3.05) is 0 Å². The standard InChI is InChI=1S/C14H14FN3O/c15-10-1-5-13(6-2-10)19-14-9-17-12(8-18-14)7-16-11-3-4-11/h1-2,5-6,8-9,11,16H,3-4,7H2. The van der Waals surface area contributed by atoms with Gasteiger partial charge >= 0.3 is 0 Å². The van der Waals surface area contributed by atoms with Gasteiger partial charge in [-0.15, -0.1) is 0 Å². The van der Waals surface area contributed by atoms with Crippen LogP contribution in [0.4, 0.5) is 4.39 Å². The summed E-state index contributed by atoms with van der Waals surface area (Å²) in [4.78, 5) is 8.44. The SMILES string of the molecule is Fc1ccc(Oc2cnc(CNC3CC3)cn2)cc1. The summed E-state index contributed by atoms with van der Waals surface area (Å²) < 4.78 is 18.2. The first-order chi connectivity index (χ1) is 9.29. The van der Waals surface area contributed by atoms with Crippen molar-refractivity contribution in [1.82, 2.24) is 15.3 Å². The van der Waals surface area contributed by atoms with Crippen LogP contribution in [-0.4, -0.2) is 16.0 Å². The Morgan fingerprint density at radius 1 is 1.16 bits per heavy atom. The molecule has 0 saturated heterocycles. The maximum atomic E-state index is 12.7. The Hall–Kier alpha value is -2.01. The molecular formula is C14H14FN3O. The largest absolute Gasteiger partial charge is 0.438 e. The maximum absolute atomic E-state index is 12.7. The highest BCUT2D eigenvalue weighted by atomic mass is 19.1. The molecule has 0 amide bonds. The van der Waals surface area contributed by atoms with Crippen LogP contribution < -0.4 is 10.1 Å². The van der Waals surface area contributed by atoms with Gasteiger partial charge in [-0.25, -0.2) is 9.37 Å². The second-order valence-electron chi connectivity index (χ2n) is 4.56. The predicted octanol–water partition coefficient (Wildman–Crippen LogP) is 2.66. The lowest BCUT2D eigenvalue weighted by Gasteiger charge is -2.05. The molecule has 1 aromatic heterocycles. The Morgan fingerprint density at radius 3 is 2.58 bits per heavy atom. The molecule has 1 aliphatic carbocycles. The second kappa shape index (κ2) is 5.32. The number of nitrogens with zero attached hydrogens (tertiary/aromatic N) is 2. The smallest absolute Gasteiger partial charge is 0.237 e. The number of hydrogen-bond donors (Lipinski definition) is 1. The molecular weight excluding hydrogens is 245 g/mol. The van der Waals surface area contributed by atoms with Gasteiger partial charge in [0.1, 0.15) is 11.6 Å². The van der Waals surface area contributed by atoms with Crippen molar-refractivity contribution in [3.05, 3.63) is 48.2 Å². The van der Waals surface area contributed by atoms with Crippen LogP contribution in [0.3, 0.4) is 0 Å². The summed E-state index contributed by atoms with van der Waals surface area (Å²) >= 11 is 0. The van der Waals surface area contributed by atoms with Crippen molar-refractivity contribution in [1.29, 1.82) is 0 Å². The zero-order valence-electron chi connectivity index (χ0n) is 10.3. The van der Waals surface area contributed by atoms with Gasteiger partial charge in [0, 0.05) is 12.6 Å². The van der Waals surface area contributed by atoms with Crippen molar-refractivity contribution in [2.45, 2.75) is 25.4 Å². The minimum atomic E-state index is -0.292. The fraction of sp³-hybridized carbons (Fsp3) is 0.286. The average molecular weight is 259 g/mol. The molecule has 2 aromatic rings. The minimum Gasteiger partial charge on any atom is -0.438 e. The first kappa shape index (κ1) is 12.0. The molecule has 0 aliphatic heterocycles. The third-order valence-corrected chi connectivity index (χ3v) is 2.87. The number of ether oxygens (including phenoxy) is 1. The molecule has 19 heavy (non-hydrogen) atoms. The Kier molecular flexibility index (Phi) is 3.37. The lowest BCUT2D eigenvalue weighted by Crippen LogP contribution is -2.16. The van der Waals surface area contributed by atoms with Crippen LogP contribution in [0, 0.1) is 5.82 Å². The molecule has 4 nitrogen and oxygen atoms in total. The van der Waals surface area contributed by atoms with E-state index in [1.807, 2.05) is 0 Å². The van der Waals surface area contributed by atoms with E-state index < -0.39 is 0 Å². The van der Waals surface area contributed by atoms with Gasteiger partial charge in [-0.3, -0.25) is 4.98 Å². The van der Waals surface area contributed by atoms with Gasteiger partial charge in [0.15, 0.2) is 0 Å². The van der Waals surface area contributed by atoms with Crippen molar-refractivity contribution in [3.8, 4) is 11.6 Å². The first-order valence-corrected chi connectivity index (χ1v) is 6.27. The van der Waals surface area contributed by atoms with E-state index in [1.54, 1.807) is 24.5 Å². The predicted molar refractivity (Wildman–Crippen MR) is 68.4 cm³/mol. The summed E-state index contributed by atoms with van der Waals surface area (Å²) in [7, 11) is 0. The highest BCUT2D eigenvalue weighted by Gasteiger charge is 2.20. The van der Waals surface area contributed by atoms with Crippen LogP contribution in [0.1, 0.15) is 18.5 Å². The highest BCUT2D eigenvalue weighted by molar-refractivity contribution is 5.26. The lowest BCUT2D eigenvalue weighted by atomic mass is 10.3. The summed E-state index contributed by atoms with van der Waals surface area (Å²) in [6.07, 6.45) is 5.76. The van der Waals surface area contributed by atoms with Crippen molar-refractivity contribution in [3.63, 3.8) is 0 Å².